The Morgan fingerprint density at radius 3 is 2.29 bits per heavy atom. The highest BCUT2D eigenvalue weighted by Gasteiger charge is 2.29. The monoisotopic (exact) mass is 605 g/mol. The van der Waals surface area contributed by atoms with E-state index in [1.165, 1.54) is 22.4 Å². The van der Waals surface area contributed by atoms with E-state index in [0.29, 0.717) is 34.4 Å². The SMILES string of the molecule is CCCNC(=O)[C@@H](CC)N(Cc1ccc(Cl)c(Cl)c1)C(=O)CCCN(c1ccc(OC)c(Cl)c1)S(C)(=O)=O. The van der Waals surface area contributed by atoms with Gasteiger partial charge in [0, 0.05) is 26.1 Å². The first-order valence-electron chi connectivity index (χ1n) is 12.2. The number of ether oxygens (including phenoxy) is 1. The van der Waals surface area contributed by atoms with Crippen molar-refractivity contribution >= 4 is 62.3 Å². The molecule has 210 valence electrons. The molecule has 0 spiro atoms. The highest BCUT2D eigenvalue weighted by molar-refractivity contribution is 7.92. The molecule has 0 radical (unpaired) electrons. The molecule has 0 saturated heterocycles. The van der Waals surface area contributed by atoms with E-state index >= 15 is 0 Å². The molecule has 2 aromatic carbocycles. The van der Waals surface area contributed by atoms with Crippen molar-refractivity contribution in [3.05, 3.63) is 57.0 Å². The molecular weight excluding hydrogens is 573 g/mol. The number of benzene rings is 2. The molecule has 12 heteroatoms. The van der Waals surface area contributed by atoms with Crippen LogP contribution in [0, 0.1) is 0 Å². The molecule has 0 fully saturated rings. The summed E-state index contributed by atoms with van der Waals surface area (Å²) in [5.41, 5.74) is 1.09. The number of sulfonamides is 1. The molecule has 0 saturated carbocycles. The Kier molecular flexibility index (Phi) is 12.5. The van der Waals surface area contributed by atoms with Gasteiger partial charge in [-0.15, -0.1) is 0 Å². The van der Waals surface area contributed by atoms with E-state index in [2.05, 4.69) is 5.32 Å². The van der Waals surface area contributed by atoms with Gasteiger partial charge in [0.25, 0.3) is 0 Å². The highest BCUT2D eigenvalue weighted by atomic mass is 35.5. The van der Waals surface area contributed by atoms with Crippen LogP contribution in [0.15, 0.2) is 36.4 Å². The highest BCUT2D eigenvalue weighted by Crippen LogP contribution is 2.30. The molecule has 0 unspecified atom stereocenters. The van der Waals surface area contributed by atoms with Crippen LogP contribution in [0.1, 0.15) is 45.1 Å². The number of carbonyl (C=O) groups excluding carboxylic acids is 2. The fourth-order valence-electron chi connectivity index (χ4n) is 3.93. The molecular formula is C26H34Cl3N3O5S. The van der Waals surface area contributed by atoms with Crippen molar-refractivity contribution in [3.8, 4) is 5.75 Å². The van der Waals surface area contributed by atoms with Crippen LogP contribution in [0.5, 0.6) is 5.75 Å². The second-order valence-corrected chi connectivity index (χ2v) is 11.9. The zero-order valence-corrected chi connectivity index (χ0v) is 25.1. The predicted molar refractivity (Wildman–Crippen MR) is 154 cm³/mol. The Hall–Kier alpha value is -2.20. The summed E-state index contributed by atoms with van der Waals surface area (Å²) in [6, 6.07) is 9.05. The van der Waals surface area contributed by atoms with E-state index in [1.54, 1.807) is 30.3 Å². The molecule has 1 atom stereocenters. The first kappa shape index (κ1) is 32.0. The van der Waals surface area contributed by atoms with Crippen LogP contribution in [0.2, 0.25) is 15.1 Å². The minimum atomic E-state index is -3.66. The van der Waals surface area contributed by atoms with Gasteiger partial charge in [0.2, 0.25) is 21.8 Å². The van der Waals surface area contributed by atoms with Crippen LogP contribution >= 0.6 is 34.8 Å². The Labute approximate surface area is 240 Å². The summed E-state index contributed by atoms with van der Waals surface area (Å²) in [7, 11) is -2.19. The zero-order chi connectivity index (χ0) is 28.5. The molecule has 8 nitrogen and oxygen atoms in total. The van der Waals surface area contributed by atoms with Gasteiger partial charge in [-0.3, -0.25) is 13.9 Å². The number of anilines is 1. The predicted octanol–water partition coefficient (Wildman–Crippen LogP) is 5.54. The number of hydrogen-bond donors (Lipinski definition) is 1. The minimum Gasteiger partial charge on any atom is -0.495 e. The van der Waals surface area contributed by atoms with Crippen molar-refractivity contribution in [2.24, 2.45) is 0 Å². The molecule has 38 heavy (non-hydrogen) atoms. The molecule has 2 aromatic rings. The number of amides is 2. The normalized spacial score (nSPS) is 12.1. The van der Waals surface area contributed by atoms with E-state index < -0.39 is 16.1 Å². The Balaban J connectivity index is 2.25. The summed E-state index contributed by atoms with van der Waals surface area (Å²) < 4.78 is 31.4. The molecule has 0 bridgehead atoms. The van der Waals surface area contributed by atoms with Gasteiger partial charge < -0.3 is 15.0 Å². The second kappa shape index (κ2) is 14.8. The summed E-state index contributed by atoms with van der Waals surface area (Å²) in [4.78, 5) is 27.9. The van der Waals surface area contributed by atoms with Gasteiger partial charge in [-0.05, 0) is 55.2 Å². The summed E-state index contributed by atoms with van der Waals surface area (Å²) in [5.74, 6) is -0.104. The summed E-state index contributed by atoms with van der Waals surface area (Å²) in [5, 5.41) is 3.87. The van der Waals surface area contributed by atoms with Gasteiger partial charge in [-0.25, -0.2) is 8.42 Å². The van der Waals surface area contributed by atoms with E-state index in [-0.39, 0.29) is 42.8 Å². The molecule has 0 aliphatic rings. The quantitative estimate of drug-likeness (QED) is 0.305. The summed E-state index contributed by atoms with van der Waals surface area (Å²) >= 11 is 18.4. The maximum atomic E-state index is 13.5. The molecule has 2 rings (SSSR count). The van der Waals surface area contributed by atoms with Crippen LogP contribution in [0.4, 0.5) is 5.69 Å². The van der Waals surface area contributed by atoms with Gasteiger partial charge in [0.15, 0.2) is 0 Å². The minimum absolute atomic E-state index is 0.0226. The number of nitrogens with one attached hydrogen (secondary N) is 1. The van der Waals surface area contributed by atoms with Crippen LogP contribution in [-0.4, -0.2) is 57.6 Å². The molecule has 1 N–H and O–H groups in total. The average Bonchev–Trinajstić information content (AvgIpc) is 2.86. The van der Waals surface area contributed by atoms with E-state index in [4.69, 9.17) is 39.5 Å². The number of nitrogens with zero attached hydrogens (tertiary/aromatic N) is 2. The third kappa shape index (κ3) is 8.93. The number of halogens is 3. The Morgan fingerprint density at radius 2 is 1.74 bits per heavy atom. The van der Waals surface area contributed by atoms with Crippen molar-refractivity contribution in [1.29, 1.82) is 0 Å². The van der Waals surface area contributed by atoms with Crippen molar-refractivity contribution in [2.75, 3.05) is 30.8 Å². The van der Waals surface area contributed by atoms with Gasteiger partial charge in [-0.2, -0.15) is 0 Å². The van der Waals surface area contributed by atoms with Crippen LogP contribution in [0.25, 0.3) is 0 Å². The van der Waals surface area contributed by atoms with Gasteiger partial charge >= 0.3 is 0 Å². The summed E-state index contributed by atoms with van der Waals surface area (Å²) in [6.07, 6.45) is 2.51. The lowest BCUT2D eigenvalue weighted by molar-refractivity contribution is -0.141. The maximum absolute atomic E-state index is 13.5. The smallest absolute Gasteiger partial charge is 0.242 e. The Morgan fingerprint density at radius 1 is 1.03 bits per heavy atom. The molecule has 0 aliphatic carbocycles. The van der Waals surface area contributed by atoms with E-state index in [9.17, 15) is 18.0 Å². The van der Waals surface area contributed by atoms with Crippen LogP contribution < -0.4 is 14.4 Å². The van der Waals surface area contributed by atoms with Crippen LogP contribution in [0.3, 0.4) is 0 Å². The standard InChI is InChI=1S/C26H34Cl3N3O5S/c1-5-13-30-26(34)23(6-2)31(17-18-9-11-20(27)21(28)15-18)25(33)8-7-14-32(38(4,35)36)19-10-12-24(37-3)22(29)16-19/h9-12,15-16,23H,5-8,13-14,17H2,1-4H3,(H,30,34)/t23-/m1/s1. The van der Waals surface area contributed by atoms with Gasteiger partial charge in [0.05, 0.1) is 34.1 Å². The fourth-order valence-corrected chi connectivity index (χ4v) is 5.46. The number of methoxy groups -OCH3 is 1. The van der Waals surface area contributed by atoms with Crippen molar-refractivity contribution in [2.45, 2.75) is 52.1 Å². The van der Waals surface area contributed by atoms with E-state index in [0.717, 1.165) is 18.2 Å². The lowest BCUT2D eigenvalue weighted by Crippen LogP contribution is -2.49. The van der Waals surface area contributed by atoms with Crippen molar-refractivity contribution in [3.63, 3.8) is 0 Å². The number of rotatable bonds is 14. The second-order valence-electron chi connectivity index (χ2n) is 8.74. The number of hydrogen-bond acceptors (Lipinski definition) is 5. The first-order valence-corrected chi connectivity index (χ1v) is 15.2. The third-order valence-corrected chi connectivity index (χ3v) is 8.08. The molecule has 0 aromatic heterocycles. The fraction of sp³-hybridized carbons (Fsp3) is 0.462. The Bertz CT molecular complexity index is 1230. The molecule has 0 heterocycles. The van der Waals surface area contributed by atoms with Crippen molar-refractivity contribution < 1.29 is 22.7 Å². The zero-order valence-electron chi connectivity index (χ0n) is 22.0. The third-order valence-electron chi connectivity index (χ3n) is 5.85. The topological polar surface area (TPSA) is 96.0 Å². The van der Waals surface area contributed by atoms with Gasteiger partial charge in [0.1, 0.15) is 11.8 Å². The lowest BCUT2D eigenvalue weighted by Gasteiger charge is -2.31. The molecule has 0 aliphatic heterocycles. The average molecular weight is 607 g/mol. The number of carbonyl (C=O) groups is 2. The maximum Gasteiger partial charge on any atom is 0.242 e. The lowest BCUT2D eigenvalue weighted by atomic mass is 10.1. The van der Waals surface area contributed by atoms with E-state index in [1.807, 2.05) is 13.8 Å². The van der Waals surface area contributed by atoms with Crippen LogP contribution in [-0.2, 0) is 26.2 Å². The molecule has 2 amide bonds. The largest absolute Gasteiger partial charge is 0.495 e. The van der Waals surface area contributed by atoms with Crippen molar-refractivity contribution in [1.82, 2.24) is 10.2 Å². The summed E-state index contributed by atoms with van der Waals surface area (Å²) in [6.45, 7) is 4.48. The first-order chi connectivity index (χ1) is 17.9. The van der Waals surface area contributed by atoms with Gasteiger partial charge in [-0.1, -0.05) is 54.7 Å².